The van der Waals surface area contributed by atoms with E-state index in [1.165, 1.54) is 0 Å². The third-order valence-electron chi connectivity index (χ3n) is 2.75. The molecule has 0 aromatic heterocycles. The molecule has 0 aromatic rings. The lowest BCUT2D eigenvalue weighted by Crippen LogP contribution is -2.52. The van der Waals surface area contributed by atoms with E-state index in [1.54, 1.807) is 0 Å². The molecule has 0 aliphatic heterocycles. The van der Waals surface area contributed by atoms with Crippen molar-refractivity contribution < 1.29 is 13.3 Å². The quantitative estimate of drug-likeness (QED) is 0.348. The summed E-state index contributed by atoms with van der Waals surface area (Å²) in [5.74, 6) is -0.416. The van der Waals surface area contributed by atoms with E-state index in [2.05, 4.69) is 39.3 Å². The standard InChI is InChI=1S/C12H27ClO3Si3/c1-7-18(3,4)15-12(14-17,10-9-11-13)16-19(5,6)8-2/h7-8H,1-2,9-11H2,3-6,17H3. The molecule has 0 spiro atoms. The Bertz CT molecular complexity index is 287. The number of hydrogen-bond donors (Lipinski definition) is 0. The summed E-state index contributed by atoms with van der Waals surface area (Å²) in [6.07, 6.45) is 1.42. The summed E-state index contributed by atoms with van der Waals surface area (Å²) < 4.78 is 18.1. The van der Waals surface area contributed by atoms with Gasteiger partial charge in [-0.25, -0.2) is 0 Å². The Kier molecular flexibility index (Phi) is 8.04. The molecule has 0 saturated heterocycles. The van der Waals surface area contributed by atoms with Gasteiger partial charge in [-0.1, -0.05) is 11.4 Å². The largest absolute Gasteiger partial charge is 0.382 e. The van der Waals surface area contributed by atoms with Crippen LogP contribution in [0.2, 0.25) is 26.2 Å². The fourth-order valence-electron chi connectivity index (χ4n) is 1.48. The number of alkyl halides is 1. The van der Waals surface area contributed by atoms with E-state index in [4.69, 9.17) is 24.9 Å². The molecule has 0 saturated carbocycles. The first-order chi connectivity index (χ1) is 8.66. The van der Waals surface area contributed by atoms with Gasteiger partial charge in [0.15, 0.2) is 10.5 Å². The monoisotopic (exact) mass is 338 g/mol. The van der Waals surface area contributed by atoms with Crippen molar-refractivity contribution in [2.75, 3.05) is 5.88 Å². The molecule has 0 atom stereocenters. The molecule has 0 unspecified atom stereocenters. The minimum Gasteiger partial charge on any atom is -0.382 e. The minimum atomic E-state index is -2.02. The fourth-order valence-corrected chi connectivity index (χ4v) is 4.62. The van der Waals surface area contributed by atoms with E-state index in [1.807, 2.05) is 11.4 Å². The van der Waals surface area contributed by atoms with Crippen LogP contribution < -0.4 is 0 Å². The van der Waals surface area contributed by atoms with Crippen LogP contribution in [-0.2, 0) is 13.3 Å². The zero-order valence-corrected chi connectivity index (χ0v) is 17.5. The highest BCUT2D eigenvalue weighted by Crippen LogP contribution is 2.30. The van der Waals surface area contributed by atoms with Crippen molar-refractivity contribution in [1.82, 2.24) is 0 Å². The summed E-state index contributed by atoms with van der Waals surface area (Å²) in [6.45, 7) is 16.0. The number of hydrogen-bond acceptors (Lipinski definition) is 3. The van der Waals surface area contributed by atoms with Crippen molar-refractivity contribution in [3.05, 3.63) is 24.6 Å². The van der Waals surface area contributed by atoms with E-state index >= 15 is 0 Å². The van der Waals surface area contributed by atoms with Gasteiger partial charge in [0.05, 0.1) is 0 Å². The van der Waals surface area contributed by atoms with Gasteiger partial charge in [0.2, 0.25) is 16.6 Å². The molecule has 0 fully saturated rings. The van der Waals surface area contributed by atoms with Crippen LogP contribution in [0.15, 0.2) is 24.6 Å². The summed E-state index contributed by atoms with van der Waals surface area (Å²) >= 11 is 5.80. The third-order valence-corrected chi connectivity index (χ3v) is 7.28. The van der Waals surface area contributed by atoms with Crippen LogP contribution in [0.1, 0.15) is 12.8 Å². The smallest absolute Gasteiger partial charge is 0.254 e. The molecule has 0 amide bonds. The minimum absolute atomic E-state index is 0.537. The zero-order chi connectivity index (χ0) is 15.2. The lowest BCUT2D eigenvalue weighted by atomic mass is 10.3. The van der Waals surface area contributed by atoms with Crippen LogP contribution in [0.3, 0.4) is 0 Å². The van der Waals surface area contributed by atoms with Crippen LogP contribution >= 0.6 is 11.6 Å². The first kappa shape index (κ1) is 19.3. The summed E-state index contributed by atoms with van der Waals surface area (Å²) in [5.41, 5.74) is 3.77. The van der Waals surface area contributed by atoms with Crippen LogP contribution in [-0.4, -0.2) is 39.0 Å². The van der Waals surface area contributed by atoms with Crippen molar-refractivity contribution in [3.63, 3.8) is 0 Å². The van der Waals surface area contributed by atoms with Crippen LogP contribution in [0, 0.1) is 0 Å². The molecular weight excluding hydrogens is 312 g/mol. The number of halogens is 1. The van der Waals surface area contributed by atoms with Crippen LogP contribution in [0.25, 0.3) is 0 Å². The fraction of sp³-hybridized carbons (Fsp3) is 0.667. The lowest BCUT2D eigenvalue weighted by Gasteiger charge is -2.42. The molecule has 19 heavy (non-hydrogen) atoms. The van der Waals surface area contributed by atoms with Gasteiger partial charge in [-0.3, -0.25) is 0 Å². The Hall–Kier alpha value is 0.301. The predicted molar refractivity (Wildman–Crippen MR) is 91.2 cm³/mol. The average molecular weight is 339 g/mol. The predicted octanol–water partition coefficient (Wildman–Crippen LogP) is 2.85. The topological polar surface area (TPSA) is 27.7 Å². The molecule has 0 aromatic carbocycles. The molecule has 0 heterocycles. The van der Waals surface area contributed by atoms with E-state index in [9.17, 15) is 0 Å². The maximum atomic E-state index is 6.20. The van der Waals surface area contributed by atoms with Crippen molar-refractivity contribution in [2.45, 2.75) is 45.0 Å². The molecule has 112 valence electrons. The molecule has 0 aliphatic carbocycles. The van der Waals surface area contributed by atoms with Crippen molar-refractivity contribution in [2.24, 2.45) is 0 Å². The highest BCUT2D eigenvalue weighted by atomic mass is 35.5. The molecule has 0 aliphatic rings. The Morgan fingerprint density at radius 3 is 1.79 bits per heavy atom. The summed E-state index contributed by atoms with van der Waals surface area (Å²) in [5, 5.41) is 0. The van der Waals surface area contributed by atoms with Crippen molar-refractivity contribution >= 4 is 38.7 Å². The van der Waals surface area contributed by atoms with Gasteiger partial charge in [0, 0.05) is 12.3 Å². The lowest BCUT2D eigenvalue weighted by molar-refractivity contribution is -0.266. The summed E-state index contributed by atoms with van der Waals surface area (Å²) in [6, 6.07) is 0. The van der Waals surface area contributed by atoms with Gasteiger partial charge < -0.3 is 13.3 Å². The first-order valence-electron chi connectivity index (χ1n) is 6.44. The Morgan fingerprint density at radius 2 is 1.53 bits per heavy atom. The Labute approximate surface area is 127 Å². The average Bonchev–Trinajstić information content (AvgIpc) is 2.35. The molecule has 0 rings (SSSR count). The first-order valence-corrected chi connectivity index (χ1v) is 13.8. The zero-order valence-electron chi connectivity index (χ0n) is 12.8. The van der Waals surface area contributed by atoms with E-state index in [0.717, 1.165) is 6.42 Å². The second kappa shape index (κ2) is 7.92. The highest BCUT2D eigenvalue weighted by Gasteiger charge is 2.41. The van der Waals surface area contributed by atoms with E-state index in [-0.39, 0.29) is 0 Å². The maximum Gasteiger partial charge on any atom is 0.254 e. The van der Waals surface area contributed by atoms with Crippen LogP contribution in [0.5, 0.6) is 0 Å². The van der Waals surface area contributed by atoms with Crippen LogP contribution in [0.4, 0.5) is 0 Å². The molecule has 0 radical (unpaired) electrons. The van der Waals surface area contributed by atoms with Crippen molar-refractivity contribution in [3.8, 4) is 0 Å². The molecular formula is C12H27ClO3Si3. The Balaban J connectivity index is 5.18. The molecule has 3 nitrogen and oxygen atoms in total. The van der Waals surface area contributed by atoms with Gasteiger partial charge in [-0.2, -0.15) is 0 Å². The molecule has 0 N–H and O–H groups in total. The van der Waals surface area contributed by atoms with E-state index in [0.29, 0.717) is 22.8 Å². The second-order valence-electron chi connectivity index (χ2n) is 5.50. The third kappa shape index (κ3) is 7.03. The van der Waals surface area contributed by atoms with Crippen molar-refractivity contribution in [1.29, 1.82) is 0 Å². The molecule has 0 bridgehead atoms. The van der Waals surface area contributed by atoms with E-state index < -0.39 is 22.6 Å². The summed E-state index contributed by atoms with van der Waals surface area (Å²) in [7, 11) is -3.49. The van der Waals surface area contributed by atoms with Gasteiger partial charge >= 0.3 is 0 Å². The van der Waals surface area contributed by atoms with Gasteiger partial charge in [-0.05, 0) is 32.6 Å². The van der Waals surface area contributed by atoms with Gasteiger partial charge in [-0.15, -0.1) is 24.8 Å². The Morgan fingerprint density at radius 1 is 1.11 bits per heavy atom. The number of rotatable bonds is 10. The SMILES string of the molecule is C=C[Si](C)(C)OC(CCCCl)(O[SiH3])O[Si](C)(C)C=C. The highest BCUT2D eigenvalue weighted by molar-refractivity contribution is 6.77. The summed E-state index contributed by atoms with van der Waals surface area (Å²) in [4.78, 5) is 0. The second-order valence-corrected chi connectivity index (χ2v) is 13.9. The molecule has 7 heteroatoms. The maximum absolute atomic E-state index is 6.20. The van der Waals surface area contributed by atoms with Gasteiger partial charge in [0.1, 0.15) is 0 Å². The van der Waals surface area contributed by atoms with Gasteiger partial charge in [0.25, 0.3) is 5.97 Å². The normalized spacial score (nSPS) is 13.5.